The van der Waals surface area contributed by atoms with E-state index in [1.54, 1.807) is 30.3 Å². The molecule has 0 saturated carbocycles. The second-order valence-corrected chi connectivity index (χ2v) is 7.53. The van der Waals surface area contributed by atoms with Crippen molar-refractivity contribution in [3.63, 3.8) is 0 Å². The van der Waals surface area contributed by atoms with Crippen LogP contribution in [0.3, 0.4) is 0 Å². The first kappa shape index (κ1) is 20.7. The number of rotatable bonds is 6. The maximum atomic E-state index is 12.9. The number of carbonyl (C=O) groups is 1. The predicted octanol–water partition coefficient (Wildman–Crippen LogP) is 3.58. The van der Waals surface area contributed by atoms with E-state index in [1.807, 2.05) is 0 Å². The maximum Gasteiger partial charge on any atom is 0.418 e. The zero-order chi connectivity index (χ0) is 20.1. The van der Waals surface area contributed by atoms with Crippen molar-refractivity contribution in [2.75, 3.05) is 18.9 Å². The third-order valence-corrected chi connectivity index (χ3v) is 5.02. The minimum absolute atomic E-state index is 0.430. The minimum atomic E-state index is -4.64. The van der Waals surface area contributed by atoms with Crippen LogP contribution in [0.4, 0.5) is 18.9 Å². The lowest BCUT2D eigenvalue weighted by Gasteiger charge is -2.16. The van der Waals surface area contributed by atoms with Gasteiger partial charge in [0.25, 0.3) is 0 Å². The van der Waals surface area contributed by atoms with Crippen LogP contribution in [0.2, 0.25) is 0 Å². The molecule has 1 amide bonds. The molecule has 1 N–H and O–H groups in total. The number of halogens is 3. The molecule has 0 aliphatic carbocycles. The van der Waals surface area contributed by atoms with Crippen LogP contribution in [0.25, 0.3) is 6.08 Å². The average Bonchev–Trinajstić information content (AvgIpc) is 2.60. The number of para-hydroxylation sites is 1. The summed E-state index contributed by atoms with van der Waals surface area (Å²) in [5.74, 6) is -0.883. The van der Waals surface area contributed by atoms with Crippen LogP contribution in [0, 0.1) is 0 Å². The van der Waals surface area contributed by atoms with Crippen molar-refractivity contribution in [1.29, 1.82) is 0 Å². The van der Waals surface area contributed by atoms with Crippen LogP contribution in [-0.2, 0) is 21.0 Å². The standard InChI is InChI=1S/C18H17F3N2O3S/c1-23(27(25,26)12-11-14-7-3-2-4-8-14)13-17(24)22-16-10-6-5-9-15(16)18(19,20)21/h2-12H,13H2,1H3,(H,22,24)/b12-11+. The molecule has 2 aromatic carbocycles. The van der Waals surface area contributed by atoms with Crippen LogP contribution < -0.4 is 5.32 Å². The molecular formula is C18H17F3N2O3S. The summed E-state index contributed by atoms with van der Waals surface area (Å²) in [4.78, 5) is 12.0. The third kappa shape index (κ3) is 5.93. The van der Waals surface area contributed by atoms with Crippen LogP contribution in [-0.4, -0.2) is 32.2 Å². The summed E-state index contributed by atoms with van der Waals surface area (Å²) in [7, 11) is -2.75. The van der Waals surface area contributed by atoms with E-state index in [1.165, 1.54) is 25.3 Å². The average molecular weight is 398 g/mol. The van der Waals surface area contributed by atoms with Gasteiger partial charge in [-0.15, -0.1) is 0 Å². The molecule has 27 heavy (non-hydrogen) atoms. The van der Waals surface area contributed by atoms with Gasteiger partial charge < -0.3 is 5.32 Å². The fourth-order valence-electron chi connectivity index (χ4n) is 2.15. The number of alkyl halides is 3. The SMILES string of the molecule is CN(CC(=O)Nc1ccccc1C(F)(F)F)S(=O)(=O)/C=C/c1ccccc1. The van der Waals surface area contributed by atoms with E-state index >= 15 is 0 Å². The Labute approximate surface area is 155 Å². The van der Waals surface area contributed by atoms with Crippen LogP contribution in [0.1, 0.15) is 11.1 Å². The fourth-order valence-corrected chi connectivity index (χ4v) is 2.99. The van der Waals surface area contributed by atoms with Gasteiger partial charge in [0.1, 0.15) is 0 Å². The summed E-state index contributed by atoms with van der Waals surface area (Å²) in [5, 5.41) is 3.03. The van der Waals surface area contributed by atoms with Crippen molar-refractivity contribution in [2.24, 2.45) is 0 Å². The number of hydrogen-bond donors (Lipinski definition) is 1. The number of nitrogens with zero attached hydrogens (tertiary/aromatic N) is 1. The molecule has 0 radical (unpaired) electrons. The van der Waals surface area contributed by atoms with Gasteiger partial charge in [0.2, 0.25) is 15.9 Å². The highest BCUT2D eigenvalue weighted by molar-refractivity contribution is 7.92. The molecule has 0 atom stereocenters. The number of amides is 1. The molecule has 0 unspecified atom stereocenters. The Kier molecular flexibility index (Phi) is 6.40. The minimum Gasteiger partial charge on any atom is -0.324 e. The molecule has 0 fully saturated rings. The first-order chi connectivity index (χ1) is 12.6. The lowest BCUT2D eigenvalue weighted by Crippen LogP contribution is -2.34. The highest BCUT2D eigenvalue weighted by Gasteiger charge is 2.33. The third-order valence-electron chi connectivity index (χ3n) is 3.54. The van der Waals surface area contributed by atoms with Gasteiger partial charge in [-0.05, 0) is 23.8 Å². The van der Waals surface area contributed by atoms with Crippen LogP contribution >= 0.6 is 0 Å². The van der Waals surface area contributed by atoms with Gasteiger partial charge >= 0.3 is 6.18 Å². The maximum absolute atomic E-state index is 12.9. The van der Waals surface area contributed by atoms with E-state index < -0.39 is 39.9 Å². The van der Waals surface area contributed by atoms with E-state index in [0.29, 0.717) is 5.56 Å². The number of sulfonamides is 1. The number of carbonyl (C=O) groups excluding carboxylic acids is 1. The van der Waals surface area contributed by atoms with E-state index in [4.69, 9.17) is 0 Å². The molecule has 144 valence electrons. The highest BCUT2D eigenvalue weighted by atomic mass is 32.2. The normalized spacial score (nSPS) is 12.5. The molecule has 0 heterocycles. The van der Waals surface area contributed by atoms with E-state index in [-0.39, 0.29) is 0 Å². The van der Waals surface area contributed by atoms with Crippen molar-refractivity contribution in [3.05, 3.63) is 71.1 Å². The lowest BCUT2D eigenvalue weighted by molar-refractivity contribution is -0.137. The lowest BCUT2D eigenvalue weighted by atomic mass is 10.1. The Bertz CT molecular complexity index is 926. The van der Waals surface area contributed by atoms with Gasteiger partial charge in [-0.3, -0.25) is 4.79 Å². The quantitative estimate of drug-likeness (QED) is 0.809. The van der Waals surface area contributed by atoms with Crippen molar-refractivity contribution in [1.82, 2.24) is 4.31 Å². The van der Waals surface area contributed by atoms with Crippen molar-refractivity contribution in [3.8, 4) is 0 Å². The molecule has 0 saturated heterocycles. The first-order valence-corrected chi connectivity index (χ1v) is 9.25. The largest absolute Gasteiger partial charge is 0.418 e. The molecule has 5 nitrogen and oxygen atoms in total. The first-order valence-electron chi connectivity index (χ1n) is 7.75. The second kappa shape index (κ2) is 8.36. The Morgan fingerprint density at radius 2 is 1.67 bits per heavy atom. The number of nitrogens with one attached hydrogen (secondary N) is 1. The topological polar surface area (TPSA) is 66.5 Å². The summed E-state index contributed by atoms with van der Waals surface area (Å²) in [5.41, 5.74) is -0.786. The number of hydrogen-bond acceptors (Lipinski definition) is 3. The second-order valence-electron chi connectivity index (χ2n) is 5.61. The summed E-state index contributed by atoms with van der Waals surface area (Å²) in [6.45, 7) is -0.631. The smallest absolute Gasteiger partial charge is 0.324 e. The zero-order valence-corrected chi connectivity index (χ0v) is 15.1. The molecule has 0 spiro atoms. The van der Waals surface area contributed by atoms with Crippen LogP contribution in [0.5, 0.6) is 0 Å². The molecular weight excluding hydrogens is 381 g/mol. The van der Waals surface area contributed by atoms with Crippen molar-refractivity contribution in [2.45, 2.75) is 6.18 Å². The fraction of sp³-hybridized carbons (Fsp3) is 0.167. The molecule has 0 aromatic heterocycles. The Balaban J connectivity index is 2.06. The Hall–Kier alpha value is -2.65. The number of anilines is 1. The summed E-state index contributed by atoms with van der Waals surface area (Å²) in [6, 6.07) is 13.1. The van der Waals surface area contributed by atoms with E-state index in [2.05, 4.69) is 5.32 Å². The Morgan fingerprint density at radius 1 is 1.07 bits per heavy atom. The van der Waals surface area contributed by atoms with Gasteiger partial charge in [0, 0.05) is 12.5 Å². The van der Waals surface area contributed by atoms with Crippen LogP contribution in [0.15, 0.2) is 60.0 Å². The van der Waals surface area contributed by atoms with Crippen molar-refractivity contribution < 1.29 is 26.4 Å². The molecule has 2 rings (SSSR count). The molecule has 0 aliphatic rings. The number of likely N-dealkylation sites (N-methyl/N-ethyl adjacent to an activating group) is 1. The van der Waals surface area contributed by atoms with Crippen molar-refractivity contribution >= 4 is 27.7 Å². The molecule has 0 aliphatic heterocycles. The molecule has 9 heteroatoms. The summed E-state index contributed by atoms with van der Waals surface area (Å²) >= 11 is 0. The monoisotopic (exact) mass is 398 g/mol. The van der Waals surface area contributed by atoms with Gasteiger partial charge in [-0.2, -0.15) is 17.5 Å². The highest BCUT2D eigenvalue weighted by Crippen LogP contribution is 2.34. The van der Waals surface area contributed by atoms with Gasteiger partial charge in [-0.25, -0.2) is 8.42 Å². The number of benzene rings is 2. The summed E-state index contributed by atoms with van der Waals surface area (Å²) in [6.07, 6.45) is -3.27. The predicted molar refractivity (Wildman–Crippen MR) is 97.1 cm³/mol. The van der Waals surface area contributed by atoms with E-state index in [9.17, 15) is 26.4 Å². The van der Waals surface area contributed by atoms with Gasteiger partial charge in [0.05, 0.1) is 17.8 Å². The zero-order valence-electron chi connectivity index (χ0n) is 14.3. The van der Waals surface area contributed by atoms with Gasteiger partial charge in [-0.1, -0.05) is 42.5 Å². The Morgan fingerprint density at radius 3 is 2.30 bits per heavy atom. The van der Waals surface area contributed by atoms with Gasteiger partial charge in [0.15, 0.2) is 0 Å². The summed E-state index contributed by atoms with van der Waals surface area (Å²) < 4.78 is 64.0. The van der Waals surface area contributed by atoms with E-state index in [0.717, 1.165) is 21.8 Å². The molecule has 2 aromatic rings. The molecule has 0 bridgehead atoms.